The molecule has 0 fully saturated rings. The lowest BCUT2D eigenvalue weighted by atomic mass is 9.97. The van der Waals surface area contributed by atoms with Crippen LogP contribution >= 0.6 is 0 Å². The summed E-state index contributed by atoms with van der Waals surface area (Å²) in [5.41, 5.74) is 6.07. The molecule has 2 heteroatoms. The average molecular weight is 231 g/mol. The molecule has 0 bridgehead atoms. The van der Waals surface area contributed by atoms with Crippen molar-refractivity contribution in [2.75, 3.05) is 7.05 Å². The normalized spacial score (nSPS) is 27.5. The van der Waals surface area contributed by atoms with Gasteiger partial charge in [-0.3, -0.25) is 4.79 Å². The van der Waals surface area contributed by atoms with Gasteiger partial charge in [-0.25, -0.2) is 0 Å². The first kappa shape index (κ1) is 13.7. The fraction of sp³-hybridized carbons (Fsp3) is 0.467. The first-order valence-electron chi connectivity index (χ1n) is 6.18. The van der Waals surface area contributed by atoms with Gasteiger partial charge in [0.2, 0.25) is 0 Å². The lowest BCUT2D eigenvalue weighted by Gasteiger charge is -2.18. The van der Waals surface area contributed by atoms with Crippen molar-refractivity contribution >= 4 is 6.29 Å². The van der Waals surface area contributed by atoms with Crippen LogP contribution in [0.1, 0.15) is 33.1 Å². The van der Waals surface area contributed by atoms with Crippen molar-refractivity contribution in [3.63, 3.8) is 0 Å². The molecule has 0 amide bonds. The second-order valence-corrected chi connectivity index (χ2v) is 4.24. The van der Waals surface area contributed by atoms with Gasteiger partial charge in [-0.05, 0) is 44.9 Å². The third kappa shape index (κ3) is 3.85. The highest BCUT2D eigenvalue weighted by atomic mass is 16.1. The van der Waals surface area contributed by atoms with Crippen LogP contribution in [0.25, 0.3) is 0 Å². The van der Waals surface area contributed by atoms with Crippen molar-refractivity contribution in [3.05, 3.63) is 40.7 Å². The van der Waals surface area contributed by atoms with Gasteiger partial charge in [0.05, 0.1) is 5.57 Å². The van der Waals surface area contributed by atoms with Crippen LogP contribution in [0.5, 0.6) is 0 Å². The van der Waals surface area contributed by atoms with Gasteiger partial charge in [-0.1, -0.05) is 24.6 Å². The summed E-state index contributed by atoms with van der Waals surface area (Å²) in [4.78, 5) is 10.9. The standard InChI is InChI=1S/C15H21NO/c1-4-13-8-6-9-14(11-17)12(2)7-5-10-15(13)16-3/h6-8,11,15-16H,4-5,10H2,1-3H3/b12-7+,13-8+. The van der Waals surface area contributed by atoms with Crippen LogP contribution in [-0.4, -0.2) is 19.4 Å². The van der Waals surface area contributed by atoms with Gasteiger partial charge in [-0.2, -0.15) is 0 Å². The van der Waals surface area contributed by atoms with E-state index in [2.05, 4.69) is 30.1 Å². The third-order valence-corrected chi connectivity index (χ3v) is 3.19. The molecule has 0 radical (unpaired) electrons. The van der Waals surface area contributed by atoms with Crippen molar-refractivity contribution in [1.29, 1.82) is 0 Å². The quantitative estimate of drug-likeness (QED) is 0.597. The van der Waals surface area contributed by atoms with Crippen LogP contribution in [0.15, 0.2) is 40.7 Å². The monoisotopic (exact) mass is 231 g/mol. The third-order valence-electron chi connectivity index (χ3n) is 3.19. The molecule has 0 aromatic heterocycles. The minimum Gasteiger partial charge on any atom is -0.313 e. The number of rotatable bonds is 3. The molecule has 92 valence electrons. The van der Waals surface area contributed by atoms with Gasteiger partial charge >= 0.3 is 0 Å². The van der Waals surface area contributed by atoms with Crippen molar-refractivity contribution in [2.45, 2.75) is 39.2 Å². The van der Waals surface area contributed by atoms with E-state index in [4.69, 9.17) is 0 Å². The first-order chi connectivity index (χ1) is 8.22. The molecule has 0 saturated heterocycles. The van der Waals surface area contributed by atoms with Gasteiger partial charge < -0.3 is 5.32 Å². The topological polar surface area (TPSA) is 29.1 Å². The Morgan fingerprint density at radius 1 is 1.59 bits per heavy atom. The molecule has 1 unspecified atom stereocenters. The lowest BCUT2D eigenvalue weighted by molar-refractivity contribution is -0.104. The van der Waals surface area contributed by atoms with E-state index in [1.165, 1.54) is 5.57 Å². The highest BCUT2D eigenvalue weighted by molar-refractivity contribution is 5.79. The van der Waals surface area contributed by atoms with Gasteiger partial charge in [0.15, 0.2) is 6.29 Å². The molecule has 0 aromatic rings. The largest absolute Gasteiger partial charge is 0.313 e. The van der Waals surface area contributed by atoms with Crippen molar-refractivity contribution in [3.8, 4) is 0 Å². The van der Waals surface area contributed by atoms with Crippen LogP contribution < -0.4 is 5.32 Å². The lowest BCUT2D eigenvalue weighted by Crippen LogP contribution is -2.27. The number of hydrogen-bond donors (Lipinski definition) is 1. The van der Waals surface area contributed by atoms with Crippen LogP contribution in [-0.2, 0) is 4.79 Å². The minimum absolute atomic E-state index is 0.417. The van der Waals surface area contributed by atoms with Gasteiger partial charge in [0, 0.05) is 6.04 Å². The Hall–Kier alpha value is -1.37. The molecule has 1 aliphatic carbocycles. The molecule has 0 spiro atoms. The zero-order valence-electron chi connectivity index (χ0n) is 10.9. The molecule has 1 atom stereocenters. The summed E-state index contributed by atoms with van der Waals surface area (Å²) in [5.74, 6) is 0. The molecular formula is C15H21NO. The van der Waals surface area contributed by atoms with Crippen LogP contribution in [0.2, 0.25) is 0 Å². The molecule has 0 aromatic carbocycles. The maximum absolute atomic E-state index is 10.9. The number of allylic oxidation sites excluding steroid dienone is 4. The smallest absolute Gasteiger partial charge is 0.158 e. The molecule has 2 nitrogen and oxygen atoms in total. The summed E-state index contributed by atoms with van der Waals surface area (Å²) in [7, 11) is 1.99. The molecule has 1 rings (SSSR count). The second-order valence-electron chi connectivity index (χ2n) is 4.24. The highest BCUT2D eigenvalue weighted by Crippen LogP contribution is 2.16. The van der Waals surface area contributed by atoms with E-state index in [-0.39, 0.29) is 0 Å². The Morgan fingerprint density at radius 2 is 2.35 bits per heavy atom. The van der Waals surface area contributed by atoms with E-state index in [0.717, 1.165) is 31.1 Å². The number of carbonyl (C=O) groups is 1. The molecule has 17 heavy (non-hydrogen) atoms. The Morgan fingerprint density at radius 3 is 2.94 bits per heavy atom. The van der Waals surface area contributed by atoms with E-state index >= 15 is 0 Å². The van der Waals surface area contributed by atoms with E-state index < -0.39 is 0 Å². The Labute approximate surface area is 104 Å². The predicted octanol–water partition coefficient (Wildman–Crippen LogP) is 2.93. The summed E-state index contributed by atoms with van der Waals surface area (Å²) in [6.45, 7) is 4.12. The van der Waals surface area contributed by atoms with E-state index in [0.29, 0.717) is 11.6 Å². The zero-order valence-corrected chi connectivity index (χ0v) is 10.9. The minimum atomic E-state index is 0.417. The van der Waals surface area contributed by atoms with Gasteiger partial charge in [0.1, 0.15) is 0 Å². The summed E-state index contributed by atoms with van der Waals surface area (Å²) in [5, 5.41) is 3.34. The molecule has 0 heterocycles. The Bertz CT molecular complexity index is 395. The molecule has 1 N–H and O–H groups in total. The number of hydrogen-bond acceptors (Lipinski definition) is 2. The van der Waals surface area contributed by atoms with Gasteiger partial charge in [0.25, 0.3) is 0 Å². The second kappa shape index (κ2) is 7.05. The molecule has 0 aliphatic heterocycles. The summed E-state index contributed by atoms with van der Waals surface area (Å²) in [6.07, 6.45) is 9.98. The van der Waals surface area contributed by atoms with E-state index in [9.17, 15) is 4.79 Å². The summed E-state index contributed by atoms with van der Waals surface area (Å²) < 4.78 is 0. The van der Waals surface area contributed by atoms with Gasteiger partial charge in [-0.15, -0.1) is 5.73 Å². The predicted molar refractivity (Wildman–Crippen MR) is 71.9 cm³/mol. The average Bonchev–Trinajstić information content (AvgIpc) is 2.35. The Kier molecular flexibility index (Phi) is 5.68. The maximum Gasteiger partial charge on any atom is 0.158 e. The number of nitrogens with one attached hydrogen (secondary N) is 1. The summed E-state index contributed by atoms with van der Waals surface area (Å²) >= 11 is 0. The van der Waals surface area contributed by atoms with Crippen LogP contribution in [0.3, 0.4) is 0 Å². The van der Waals surface area contributed by atoms with Crippen molar-refractivity contribution in [2.24, 2.45) is 0 Å². The maximum atomic E-state index is 10.9. The summed E-state index contributed by atoms with van der Waals surface area (Å²) in [6, 6.07) is 0.417. The number of carbonyl (C=O) groups excluding carboxylic acids is 1. The highest BCUT2D eigenvalue weighted by Gasteiger charge is 2.10. The molecule has 1 aliphatic rings. The van der Waals surface area contributed by atoms with Crippen LogP contribution in [0, 0.1) is 0 Å². The van der Waals surface area contributed by atoms with Crippen molar-refractivity contribution in [1.82, 2.24) is 5.32 Å². The SMILES string of the molecule is CC/C1=C\C=C=C(C=O)/C(C)=C/CCC1NC. The first-order valence-corrected chi connectivity index (χ1v) is 6.18. The van der Waals surface area contributed by atoms with Crippen molar-refractivity contribution < 1.29 is 4.79 Å². The Balaban J connectivity index is 3.13. The molecular weight excluding hydrogens is 210 g/mol. The zero-order chi connectivity index (χ0) is 12.7. The van der Waals surface area contributed by atoms with Crippen LogP contribution in [0.4, 0.5) is 0 Å². The number of aldehydes is 1. The van der Waals surface area contributed by atoms with E-state index in [1.807, 2.05) is 20.0 Å². The fourth-order valence-corrected chi connectivity index (χ4v) is 2.05. The number of likely N-dealkylation sites (N-methyl/N-ethyl adjacent to an activating group) is 1. The van der Waals surface area contributed by atoms with E-state index in [1.54, 1.807) is 0 Å². The fourth-order valence-electron chi connectivity index (χ4n) is 2.05. The molecule has 0 saturated carbocycles.